The zero-order valence-corrected chi connectivity index (χ0v) is 13.3. The van der Waals surface area contributed by atoms with Gasteiger partial charge in [-0.05, 0) is 37.3 Å². The number of ether oxygens (including phenoxy) is 1. The molecule has 1 aromatic carbocycles. The summed E-state index contributed by atoms with van der Waals surface area (Å²) in [5.74, 6) is -1.75. The first-order chi connectivity index (χ1) is 10.3. The highest BCUT2D eigenvalue weighted by atomic mass is 19.1. The Kier molecular flexibility index (Phi) is 4.39. The smallest absolute Gasteiger partial charge is 0.313 e. The standard InChI is InChI=1S/C16H21FN2O3/c1-10(16(2)7-8-16)19(3)15(21)14(20)18-13-9-11(22-4)5-6-12(13)17/h5-6,9-10H,7-8H2,1-4H3,(H,18,20)/t10-/m1/s1. The molecule has 22 heavy (non-hydrogen) atoms. The third-order valence-corrected chi connectivity index (χ3v) is 4.56. The van der Waals surface area contributed by atoms with Crippen molar-refractivity contribution in [1.29, 1.82) is 0 Å². The van der Waals surface area contributed by atoms with E-state index < -0.39 is 17.6 Å². The zero-order valence-electron chi connectivity index (χ0n) is 13.3. The van der Waals surface area contributed by atoms with E-state index in [1.165, 1.54) is 30.2 Å². The SMILES string of the molecule is COc1ccc(F)c(NC(=O)C(=O)N(C)[C@H](C)C2(C)CC2)c1. The number of anilines is 1. The van der Waals surface area contributed by atoms with Gasteiger partial charge in [0.05, 0.1) is 12.8 Å². The van der Waals surface area contributed by atoms with E-state index in [2.05, 4.69) is 12.2 Å². The van der Waals surface area contributed by atoms with Gasteiger partial charge in [-0.25, -0.2) is 4.39 Å². The molecule has 0 bridgehead atoms. The maximum absolute atomic E-state index is 13.7. The van der Waals surface area contributed by atoms with Gasteiger partial charge < -0.3 is 15.0 Å². The molecule has 1 fully saturated rings. The van der Waals surface area contributed by atoms with Crippen molar-refractivity contribution in [3.05, 3.63) is 24.0 Å². The number of carbonyl (C=O) groups is 2. The fraction of sp³-hybridized carbons (Fsp3) is 0.500. The van der Waals surface area contributed by atoms with Crippen LogP contribution in [0.25, 0.3) is 0 Å². The molecule has 0 heterocycles. The summed E-state index contributed by atoms with van der Waals surface area (Å²) in [5, 5.41) is 2.31. The van der Waals surface area contributed by atoms with Crippen LogP contribution in [0.4, 0.5) is 10.1 Å². The molecule has 0 aromatic heterocycles. The summed E-state index contributed by atoms with van der Waals surface area (Å²) in [5.41, 5.74) is 0.00251. The summed E-state index contributed by atoms with van der Waals surface area (Å²) >= 11 is 0. The second-order valence-corrected chi connectivity index (χ2v) is 6.05. The molecule has 1 aliphatic rings. The van der Waals surface area contributed by atoms with Crippen molar-refractivity contribution < 1.29 is 18.7 Å². The van der Waals surface area contributed by atoms with Gasteiger partial charge in [-0.2, -0.15) is 0 Å². The molecule has 6 heteroatoms. The van der Waals surface area contributed by atoms with Gasteiger partial charge in [0.2, 0.25) is 0 Å². The van der Waals surface area contributed by atoms with E-state index in [0.717, 1.165) is 12.8 Å². The molecule has 1 saturated carbocycles. The second kappa shape index (κ2) is 5.94. The lowest BCUT2D eigenvalue weighted by molar-refractivity contribution is -0.144. The first-order valence-electron chi connectivity index (χ1n) is 7.20. The number of nitrogens with one attached hydrogen (secondary N) is 1. The molecular formula is C16H21FN2O3. The van der Waals surface area contributed by atoms with Crippen LogP contribution in [0.3, 0.4) is 0 Å². The number of halogens is 1. The Morgan fingerprint density at radius 1 is 1.41 bits per heavy atom. The van der Waals surface area contributed by atoms with Gasteiger partial charge in [0.1, 0.15) is 11.6 Å². The summed E-state index contributed by atoms with van der Waals surface area (Å²) in [4.78, 5) is 25.7. The third kappa shape index (κ3) is 3.21. The molecule has 0 aliphatic heterocycles. The average Bonchev–Trinajstić information content (AvgIpc) is 3.26. The van der Waals surface area contributed by atoms with Crippen molar-refractivity contribution in [1.82, 2.24) is 4.90 Å². The molecule has 1 aliphatic carbocycles. The van der Waals surface area contributed by atoms with E-state index in [9.17, 15) is 14.0 Å². The van der Waals surface area contributed by atoms with Gasteiger partial charge in [-0.1, -0.05) is 6.92 Å². The quantitative estimate of drug-likeness (QED) is 0.869. The molecule has 2 amide bonds. The molecule has 0 radical (unpaired) electrons. The number of likely N-dealkylation sites (N-methyl/N-ethyl adjacent to an activating group) is 1. The van der Waals surface area contributed by atoms with Crippen LogP contribution in [-0.2, 0) is 9.59 Å². The molecule has 1 N–H and O–H groups in total. The summed E-state index contributed by atoms with van der Waals surface area (Å²) in [6, 6.07) is 3.92. The van der Waals surface area contributed by atoms with Crippen molar-refractivity contribution in [2.45, 2.75) is 32.7 Å². The predicted molar refractivity (Wildman–Crippen MR) is 81.2 cm³/mol. The van der Waals surface area contributed by atoms with Gasteiger partial charge in [0, 0.05) is 19.2 Å². The predicted octanol–water partition coefficient (Wildman–Crippen LogP) is 2.42. The zero-order chi connectivity index (χ0) is 16.5. The number of amides is 2. The minimum Gasteiger partial charge on any atom is -0.497 e. The monoisotopic (exact) mass is 308 g/mol. The first kappa shape index (κ1) is 16.3. The molecule has 120 valence electrons. The lowest BCUT2D eigenvalue weighted by Crippen LogP contribution is -2.45. The van der Waals surface area contributed by atoms with Crippen LogP contribution in [0.2, 0.25) is 0 Å². The number of carbonyl (C=O) groups excluding carboxylic acids is 2. The molecule has 0 unspecified atom stereocenters. The van der Waals surface area contributed by atoms with E-state index in [-0.39, 0.29) is 17.1 Å². The molecule has 2 rings (SSSR count). The van der Waals surface area contributed by atoms with Crippen LogP contribution >= 0.6 is 0 Å². The van der Waals surface area contributed by atoms with Crippen molar-refractivity contribution >= 4 is 17.5 Å². The number of methoxy groups -OCH3 is 1. The van der Waals surface area contributed by atoms with Gasteiger partial charge in [-0.15, -0.1) is 0 Å². The first-order valence-corrected chi connectivity index (χ1v) is 7.20. The number of hydrogen-bond donors (Lipinski definition) is 1. The minimum atomic E-state index is -0.856. The van der Waals surface area contributed by atoms with Crippen LogP contribution < -0.4 is 10.1 Å². The van der Waals surface area contributed by atoms with Crippen molar-refractivity contribution in [3.63, 3.8) is 0 Å². The Labute approximate surface area is 129 Å². The maximum Gasteiger partial charge on any atom is 0.313 e. The Morgan fingerprint density at radius 3 is 2.59 bits per heavy atom. The van der Waals surface area contributed by atoms with E-state index >= 15 is 0 Å². The van der Waals surface area contributed by atoms with Crippen molar-refractivity contribution in [3.8, 4) is 5.75 Å². The summed E-state index contributed by atoms with van der Waals surface area (Å²) < 4.78 is 18.7. The topological polar surface area (TPSA) is 58.6 Å². The van der Waals surface area contributed by atoms with Crippen LogP contribution in [0.15, 0.2) is 18.2 Å². The molecule has 0 spiro atoms. The van der Waals surface area contributed by atoms with Gasteiger partial charge in [-0.3, -0.25) is 9.59 Å². The van der Waals surface area contributed by atoms with Crippen LogP contribution in [0.5, 0.6) is 5.75 Å². The molecule has 1 atom stereocenters. The Hall–Kier alpha value is -2.11. The highest BCUT2D eigenvalue weighted by Crippen LogP contribution is 2.49. The van der Waals surface area contributed by atoms with Gasteiger partial charge in [0.25, 0.3) is 0 Å². The number of nitrogens with zero attached hydrogens (tertiary/aromatic N) is 1. The lowest BCUT2D eigenvalue weighted by atomic mass is 9.99. The molecule has 5 nitrogen and oxygen atoms in total. The highest BCUT2D eigenvalue weighted by molar-refractivity contribution is 6.39. The fourth-order valence-corrected chi connectivity index (χ4v) is 2.32. The number of benzene rings is 1. The molecular weight excluding hydrogens is 287 g/mol. The largest absolute Gasteiger partial charge is 0.497 e. The summed E-state index contributed by atoms with van der Waals surface area (Å²) in [7, 11) is 3.04. The molecule has 1 aromatic rings. The minimum absolute atomic E-state index is 0.0408. The normalized spacial score (nSPS) is 16.6. The van der Waals surface area contributed by atoms with Gasteiger partial charge in [0.15, 0.2) is 0 Å². The number of rotatable bonds is 4. The third-order valence-electron chi connectivity index (χ3n) is 4.56. The Balaban J connectivity index is 2.07. The average molecular weight is 308 g/mol. The lowest BCUT2D eigenvalue weighted by Gasteiger charge is -2.29. The van der Waals surface area contributed by atoms with Crippen LogP contribution in [0, 0.1) is 11.2 Å². The van der Waals surface area contributed by atoms with Crippen LogP contribution in [0.1, 0.15) is 26.7 Å². The Bertz CT molecular complexity index is 599. The van der Waals surface area contributed by atoms with Gasteiger partial charge >= 0.3 is 11.8 Å². The summed E-state index contributed by atoms with van der Waals surface area (Å²) in [6.07, 6.45) is 2.08. The van der Waals surface area contributed by atoms with Crippen molar-refractivity contribution in [2.75, 3.05) is 19.5 Å². The van der Waals surface area contributed by atoms with E-state index in [1.54, 1.807) is 7.05 Å². The second-order valence-electron chi connectivity index (χ2n) is 6.05. The molecule has 0 saturated heterocycles. The van der Waals surface area contributed by atoms with E-state index in [4.69, 9.17) is 4.74 Å². The maximum atomic E-state index is 13.7. The summed E-state index contributed by atoms with van der Waals surface area (Å²) in [6.45, 7) is 4.01. The fourth-order valence-electron chi connectivity index (χ4n) is 2.32. The van der Waals surface area contributed by atoms with E-state index in [1.807, 2.05) is 6.92 Å². The van der Waals surface area contributed by atoms with Crippen LogP contribution in [-0.4, -0.2) is 36.9 Å². The van der Waals surface area contributed by atoms with Crippen molar-refractivity contribution in [2.24, 2.45) is 5.41 Å². The Morgan fingerprint density at radius 2 is 2.05 bits per heavy atom. The van der Waals surface area contributed by atoms with E-state index in [0.29, 0.717) is 5.75 Å². The highest BCUT2D eigenvalue weighted by Gasteiger charge is 2.45. The number of hydrogen-bond acceptors (Lipinski definition) is 3.